The van der Waals surface area contributed by atoms with Crippen LogP contribution in [0.5, 0.6) is 0 Å². The number of H-pyrrole nitrogens is 1. The molecule has 2 heterocycles. The van der Waals surface area contributed by atoms with Gasteiger partial charge in [-0.3, -0.25) is 9.89 Å². The van der Waals surface area contributed by atoms with Crippen molar-refractivity contribution in [3.8, 4) is 0 Å². The zero-order valence-electron chi connectivity index (χ0n) is 9.88. The molecule has 1 amide bonds. The van der Waals surface area contributed by atoms with Gasteiger partial charge in [-0.25, -0.2) is 0 Å². The maximum atomic E-state index is 11.9. The number of furan rings is 1. The first kappa shape index (κ1) is 11.3. The summed E-state index contributed by atoms with van der Waals surface area (Å²) < 4.78 is 5.44. The van der Waals surface area contributed by atoms with Gasteiger partial charge in [-0.1, -0.05) is 18.2 Å². The number of nitrogens with zero attached hydrogens (tertiary/aromatic N) is 2. The van der Waals surface area contributed by atoms with E-state index in [4.69, 9.17) is 10.2 Å². The van der Waals surface area contributed by atoms with Gasteiger partial charge in [-0.05, 0) is 12.1 Å². The van der Waals surface area contributed by atoms with Crippen LogP contribution in [0, 0.1) is 0 Å². The highest BCUT2D eigenvalue weighted by atomic mass is 16.3. The highest BCUT2D eigenvalue weighted by Gasteiger charge is 2.12. The van der Waals surface area contributed by atoms with Crippen molar-refractivity contribution in [1.82, 2.24) is 20.5 Å². The van der Waals surface area contributed by atoms with Gasteiger partial charge in [0.2, 0.25) is 5.95 Å². The van der Waals surface area contributed by atoms with E-state index in [1.807, 2.05) is 24.3 Å². The summed E-state index contributed by atoms with van der Waals surface area (Å²) in [5, 5.41) is 9.83. The molecule has 7 nitrogen and oxygen atoms in total. The SMILES string of the molecule is Nc1n[nH]c(CNC(=O)c2cc3ccccc3o2)n1. The molecule has 3 rings (SSSR count). The minimum atomic E-state index is -0.314. The van der Waals surface area contributed by atoms with Crippen LogP contribution in [0.3, 0.4) is 0 Å². The number of hydrogen-bond acceptors (Lipinski definition) is 5. The zero-order valence-corrected chi connectivity index (χ0v) is 9.88. The molecule has 0 saturated carbocycles. The largest absolute Gasteiger partial charge is 0.451 e. The lowest BCUT2D eigenvalue weighted by atomic mass is 10.2. The van der Waals surface area contributed by atoms with Crippen LogP contribution in [0.25, 0.3) is 11.0 Å². The highest BCUT2D eigenvalue weighted by Crippen LogP contribution is 2.18. The standard InChI is InChI=1S/C12H11N5O2/c13-12-15-10(16-17-12)6-14-11(18)9-5-7-3-1-2-4-8(7)19-9/h1-5H,6H2,(H,14,18)(H3,13,15,16,17). The van der Waals surface area contributed by atoms with Gasteiger partial charge in [-0.2, -0.15) is 4.98 Å². The minimum absolute atomic E-state index is 0.146. The van der Waals surface area contributed by atoms with E-state index in [1.54, 1.807) is 6.07 Å². The number of para-hydroxylation sites is 1. The number of aromatic nitrogens is 3. The fourth-order valence-corrected chi connectivity index (χ4v) is 1.73. The number of nitrogen functional groups attached to an aromatic ring is 1. The van der Waals surface area contributed by atoms with Gasteiger partial charge in [0.05, 0.1) is 6.54 Å². The van der Waals surface area contributed by atoms with E-state index in [1.165, 1.54) is 0 Å². The number of aromatic amines is 1. The molecule has 3 aromatic rings. The van der Waals surface area contributed by atoms with E-state index in [2.05, 4.69) is 20.5 Å². The number of nitrogens with one attached hydrogen (secondary N) is 2. The predicted octanol–water partition coefficient (Wildman–Crippen LogP) is 1.06. The number of fused-ring (bicyclic) bond motifs is 1. The summed E-state index contributed by atoms with van der Waals surface area (Å²) in [4.78, 5) is 15.8. The van der Waals surface area contributed by atoms with Crippen molar-refractivity contribution in [3.63, 3.8) is 0 Å². The highest BCUT2D eigenvalue weighted by molar-refractivity contribution is 5.95. The molecule has 1 aromatic carbocycles. The number of rotatable bonds is 3. The Labute approximate surface area is 107 Å². The minimum Gasteiger partial charge on any atom is -0.451 e. The zero-order chi connectivity index (χ0) is 13.2. The summed E-state index contributed by atoms with van der Waals surface area (Å²) in [5.74, 6) is 0.579. The number of benzene rings is 1. The quantitative estimate of drug-likeness (QED) is 0.650. The molecule has 0 bridgehead atoms. The molecular weight excluding hydrogens is 246 g/mol. The first-order chi connectivity index (χ1) is 9.22. The number of carbonyl (C=O) groups is 1. The van der Waals surface area contributed by atoms with Gasteiger partial charge >= 0.3 is 0 Å². The van der Waals surface area contributed by atoms with Crippen LogP contribution in [0.4, 0.5) is 5.95 Å². The second-order valence-electron chi connectivity index (χ2n) is 3.97. The van der Waals surface area contributed by atoms with E-state index >= 15 is 0 Å². The third-order valence-electron chi connectivity index (χ3n) is 2.61. The van der Waals surface area contributed by atoms with Gasteiger partial charge < -0.3 is 15.5 Å². The monoisotopic (exact) mass is 257 g/mol. The lowest BCUT2D eigenvalue weighted by Gasteiger charge is -1.98. The molecule has 0 aliphatic carbocycles. The van der Waals surface area contributed by atoms with E-state index in [0.717, 1.165) is 5.39 Å². The molecule has 0 aliphatic heterocycles. The van der Waals surface area contributed by atoms with Gasteiger partial charge in [0, 0.05) is 5.39 Å². The molecule has 0 aliphatic rings. The predicted molar refractivity (Wildman–Crippen MR) is 68.2 cm³/mol. The van der Waals surface area contributed by atoms with Crippen molar-refractivity contribution in [2.75, 3.05) is 5.73 Å². The maximum absolute atomic E-state index is 11.9. The fraction of sp³-hybridized carbons (Fsp3) is 0.0833. The van der Waals surface area contributed by atoms with E-state index in [-0.39, 0.29) is 24.2 Å². The Kier molecular flexibility index (Phi) is 2.64. The Morgan fingerprint density at radius 3 is 3.00 bits per heavy atom. The van der Waals surface area contributed by atoms with Gasteiger partial charge in [0.25, 0.3) is 5.91 Å². The fourth-order valence-electron chi connectivity index (χ4n) is 1.73. The molecular formula is C12H11N5O2. The van der Waals surface area contributed by atoms with Crippen LogP contribution in [0.2, 0.25) is 0 Å². The second kappa shape index (κ2) is 4.45. The van der Waals surface area contributed by atoms with Crippen molar-refractivity contribution in [2.45, 2.75) is 6.54 Å². The molecule has 0 unspecified atom stereocenters. The Morgan fingerprint density at radius 2 is 2.26 bits per heavy atom. The lowest BCUT2D eigenvalue weighted by Crippen LogP contribution is -2.22. The van der Waals surface area contributed by atoms with Crippen molar-refractivity contribution < 1.29 is 9.21 Å². The van der Waals surface area contributed by atoms with Crippen LogP contribution >= 0.6 is 0 Å². The molecule has 0 atom stereocenters. The molecule has 4 N–H and O–H groups in total. The summed E-state index contributed by atoms with van der Waals surface area (Å²) in [7, 11) is 0. The smallest absolute Gasteiger partial charge is 0.287 e. The summed E-state index contributed by atoms with van der Waals surface area (Å²) in [6.45, 7) is 0.208. The number of nitrogens with two attached hydrogens (primary N) is 1. The van der Waals surface area contributed by atoms with Crippen LogP contribution in [-0.2, 0) is 6.54 Å². The molecule has 0 radical (unpaired) electrons. The van der Waals surface area contributed by atoms with Gasteiger partial charge in [-0.15, -0.1) is 5.10 Å². The molecule has 7 heteroatoms. The van der Waals surface area contributed by atoms with Crippen LogP contribution in [0.1, 0.15) is 16.4 Å². The number of hydrogen-bond donors (Lipinski definition) is 3. The normalized spacial score (nSPS) is 10.7. The second-order valence-corrected chi connectivity index (χ2v) is 3.97. The Balaban J connectivity index is 1.73. The number of anilines is 1. The Hall–Kier alpha value is -2.83. The van der Waals surface area contributed by atoms with Gasteiger partial charge in [0.1, 0.15) is 11.4 Å². The van der Waals surface area contributed by atoms with Crippen LogP contribution in [0.15, 0.2) is 34.7 Å². The molecule has 19 heavy (non-hydrogen) atoms. The summed E-state index contributed by atoms with van der Waals surface area (Å²) in [5.41, 5.74) is 6.04. The average molecular weight is 257 g/mol. The van der Waals surface area contributed by atoms with Crippen LogP contribution < -0.4 is 11.1 Å². The third-order valence-corrected chi connectivity index (χ3v) is 2.61. The summed E-state index contributed by atoms with van der Waals surface area (Å²) >= 11 is 0. The summed E-state index contributed by atoms with van der Waals surface area (Å²) in [6, 6.07) is 9.12. The molecule has 0 saturated heterocycles. The van der Waals surface area contributed by atoms with E-state index < -0.39 is 0 Å². The van der Waals surface area contributed by atoms with Crippen molar-refractivity contribution in [3.05, 3.63) is 41.9 Å². The summed E-state index contributed by atoms with van der Waals surface area (Å²) in [6.07, 6.45) is 0. The first-order valence-corrected chi connectivity index (χ1v) is 5.66. The Morgan fingerprint density at radius 1 is 1.42 bits per heavy atom. The molecule has 0 fully saturated rings. The molecule has 0 spiro atoms. The topological polar surface area (TPSA) is 110 Å². The van der Waals surface area contributed by atoms with E-state index in [0.29, 0.717) is 11.4 Å². The lowest BCUT2D eigenvalue weighted by molar-refractivity contribution is 0.0924. The first-order valence-electron chi connectivity index (χ1n) is 5.66. The number of carbonyl (C=O) groups excluding carboxylic acids is 1. The average Bonchev–Trinajstić information content (AvgIpc) is 3.01. The Bertz CT molecular complexity index is 697. The maximum Gasteiger partial charge on any atom is 0.287 e. The van der Waals surface area contributed by atoms with Crippen molar-refractivity contribution in [2.24, 2.45) is 0 Å². The van der Waals surface area contributed by atoms with Crippen molar-refractivity contribution in [1.29, 1.82) is 0 Å². The van der Waals surface area contributed by atoms with Crippen molar-refractivity contribution >= 4 is 22.8 Å². The molecule has 96 valence electrons. The van der Waals surface area contributed by atoms with E-state index in [9.17, 15) is 4.79 Å². The third kappa shape index (κ3) is 2.25. The van der Waals surface area contributed by atoms with Crippen LogP contribution in [-0.4, -0.2) is 21.1 Å². The number of amides is 1. The van der Waals surface area contributed by atoms with Gasteiger partial charge in [0.15, 0.2) is 5.76 Å². The molecule has 2 aromatic heterocycles.